The average Bonchev–Trinajstić information content (AvgIpc) is 2.91. The Morgan fingerprint density at radius 2 is 2.17 bits per heavy atom. The molecule has 3 N–H and O–H groups in total. The van der Waals surface area contributed by atoms with Crippen LogP contribution in [0.4, 0.5) is 0 Å². The topological polar surface area (TPSA) is 91.4 Å². The number of nitrogens with one attached hydrogen (secondary N) is 2. The van der Waals surface area contributed by atoms with Gasteiger partial charge in [-0.3, -0.25) is 4.79 Å². The van der Waals surface area contributed by atoms with E-state index in [1.807, 2.05) is 18.2 Å². The molecule has 0 aliphatic heterocycles. The van der Waals surface area contributed by atoms with E-state index in [-0.39, 0.29) is 18.9 Å². The summed E-state index contributed by atoms with van der Waals surface area (Å²) in [5, 5.41) is 12.9. The number of hydrogen-bond donors (Lipinski definition) is 3. The molecule has 0 saturated carbocycles. The van der Waals surface area contributed by atoms with Gasteiger partial charge in [0.05, 0.1) is 12.5 Å². The largest absolute Gasteiger partial charge is 0.480 e. The lowest BCUT2D eigenvalue weighted by Crippen LogP contribution is -2.45. The summed E-state index contributed by atoms with van der Waals surface area (Å²) >= 11 is 3.48. The number of carboxylic acids is 1. The lowest BCUT2D eigenvalue weighted by molar-refractivity contribution is -0.142. The van der Waals surface area contributed by atoms with Crippen molar-refractivity contribution < 1.29 is 19.4 Å². The highest BCUT2D eigenvalue weighted by molar-refractivity contribution is 9.10. The van der Waals surface area contributed by atoms with Crippen LogP contribution < -0.4 is 5.32 Å². The monoisotopic (exact) mass is 382 g/mol. The van der Waals surface area contributed by atoms with Crippen molar-refractivity contribution in [3.8, 4) is 0 Å². The number of amides is 1. The standard InChI is InChI=1S/C16H19BrN2O4/c1-9(8-23-2)15(20)19-13(16(21)22)6-10-7-18-12-5-3-4-11(17)14(10)12/h3-5,7,9,13,18H,6,8H2,1-2H3,(H,19,20)(H,21,22). The Morgan fingerprint density at radius 3 is 2.83 bits per heavy atom. The molecule has 0 aliphatic carbocycles. The quantitative estimate of drug-likeness (QED) is 0.685. The molecule has 124 valence electrons. The molecule has 1 aromatic carbocycles. The predicted octanol–water partition coefficient (Wildman–Crippen LogP) is 2.32. The minimum atomic E-state index is -1.07. The van der Waals surface area contributed by atoms with E-state index < -0.39 is 17.9 Å². The molecule has 7 heteroatoms. The van der Waals surface area contributed by atoms with Crippen molar-refractivity contribution in [1.82, 2.24) is 10.3 Å². The summed E-state index contributed by atoms with van der Waals surface area (Å²) in [7, 11) is 1.50. The fraction of sp³-hybridized carbons (Fsp3) is 0.375. The van der Waals surface area contributed by atoms with Gasteiger partial charge >= 0.3 is 5.97 Å². The number of rotatable bonds is 7. The molecule has 2 rings (SSSR count). The Kier molecular flexibility index (Phi) is 5.79. The van der Waals surface area contributed by atoms with Crippen LogP contribution in [0.3, 0.4) is 0 Å². The van der Waals surface area contributed by atoms with Crippen LogP contribution in [0.15, 0.2) is 28.9 Å². The molecule has 2 unspecified atom stereocenters. The molecule has 0 bridgehead atoms. The van der Waals surface area contributed by atoms with E-state index >= 15 is 0 Å². The van der Waals surface area contributed by atoms with Gasteiger partial charge in [0.1, 0.15) is 6.04 Å². The van der Waals surface area contributed by atoms with Crippen LogP contribution in [0.25, 0.3) is 10.9 Å². The first-order valence-electron chi connectivity index (χ1n) is 7.20. The van der Waals surface area contributed by atoms with Crippen LogP contribution in [0, 0.1) is 5.92 Å². The van der Waals surface area contributed by atoms with Gasteiger partial charge in [-0.25, -0.2) is 4.79 Å². The summed E-state index contributed by atoms with van der Waals surface area (Å²) in [6, 6.07) is 4.72. The Balaban J connectivity index is 2.19. The first-order chi connectivity index (χ1) is 10.9. The lowest BCUT2D eigenvalue weighted by Gasteiger charge is -2.17. The average molecular weight is 383 g/mol. The minimum Gasteiger partial charge on any atom is -0.480 e. The minimum absolute atomic E-state index is 0.198. The maximum atomic E-state index is 12.0. The van der Waals surface area contributed by atoms with Gasteiger partial charge in [0.25, 0.3) is 0 Å². The van der Waals surface area contributed by atoms with E-state index in [2.05, 4.69) is 26.2 Å². The Labute approximate surface area is 142 Å². The number of carbonyl (C=O) groups is 2. The highest BCUT2D eigenvalue weighted by atomic mass is 79.9. The normalized spacial score (nSPS) is 13.7. The number of aliphatic carboxylic acids is 1. The maximum Gasteiger partial charge on any atom is 0.326 e. The second-order valence-corrected chi connectivity index (χ2v) is 6.29. The molecule has 1 aromatic heterocycles. The molecule has 1 amide bonds. The fourth-order valence-electron chi connectivity index (χ4n) is 2.43. The van der Waals surface area contributed by atoms with Crippen LogP contribution in [-0.4, -0.2) is 41.7 Å². The second kappa shape index (κ2) is 7.61. The SMILES string of the molecule is COCC(C)C(=O)NC(Cc1c[nH]c2cccc(Br)c12)C(=O)O. The number of halogens is 1. The zero-order valence-corrected chi connectivity index (χ0v) is 14.5. The molecule has 23 heavy (non-hydrogen) atoms. The molecular weight excluding hydrogens is 364 g/mol. The van der Waals surface area contributed by atoms with Crippen molar-refractivity contribution in [3.05, 3.63) is 34.4 Å². The van der Waals surface area contributed by atoms with Crippen molar-refractivity contribution in [3.63, 3.8) is 0 Å². The highest BCUT2D eigenvalue weighted by Crippen LogP contribution is 2.27. The van der Waals surface area contributed by atoms with Crippen LogP contribution in [0.2, 0.25) is 0 Å². The van der Waals surface area contributed by atoms with Crippen LogP contribution >= 0.6 is 15.9 Å². The van der Waals surface area contributed by atoms with E-state index in [0.29, 0.717) is 0 Å². The van der Waals surface area contributed by atoms with Crippen LogP contribution in [0.1, 0.15) is 12.5 Å². The second-order valence-electron chi connectivity index (χ2n) is 5.44. The summed E-state index contributed by atoms with van der Waals surface area (Å²) in [4.78, 5) is 26.6. The Bertz CT molecular complexity index is 713. The number of H-pyrrole nitrogens is 1. The van der Waals surface area contributed by atoms with Gasteiger partial charge in [0.15, 0.2) is 0 Å². The predicted molar refractivity (Wildman–Crippen MR) is 90.3 cm³/mol. The van der Waals surface area contributed by atoms with Crippen LogP contribution in [-0.2, 0) is 20.7 Å². The molecule has 6 nitrogen and oxygen atoms in total. The number of aromatic nitrogens is 1. The first kappa shape index (κ1) is 17.5. The number of hydrogen-bond acceptors (Lipinski definition) is 3. The molecule has 0 aliphatic rings. The van der Waals surface area contributed by atoms with Gasteiger partial charge in [-0.2, -0.15) is 0 Å². The summed E-state index contributed by atoms with van der Waals surface area (Å²) in [5.41, 5.74) is 1.75. The van der Waals surface area contributed by atoms with Crippen molar-refractivity contribution in [2.45, 2.75) is 19.4 Å². The first-order valence-corrected chi connectivity index (χ1v) is 8.00. The number of aromatic amines is 1. The number of methoxy groups -OCH3 is 1. The number of carboxylic acid groups (broad SMARTS) is 1. The van der Waals surface area contributed by atoms with E-state index in [1.54, 1.807) is 13.1 Å². The molecular formula is C16H19BrN2O4. The van der Waals surface area contributed by atoms with Crippen molar-refractivity contribution in [2.24, 2.45) is 5.92 Å². The number of fused-ring (bicyclic) bond motifs is 1. The number of ether oxygens (including phenoxy) is 1. The van der Waals surface area contributed by atoms with Gasteiger partial charge < -0.3 is 20.1 Å². The molecule has 2 atom stereocenters. The van der Waals surface area contributed by atoms with Crippen molar-refractivity contribution in [2.75, 3.05) is 13.7 Å². The Hall–Kier alpha value is -1.86. The summed E-state index contributed by atoms with van der Waals surface area (Å²) < 4.78 is 5.81. The summed E-state index contributed by atoms with van der Waals surface area (Å²) in [6.07, 6.45) is 1.97. The third-order valence-corrected chi connectivity index (χ3v) is 4.30. The van der Waals surface area contributed by atoms with Gasteiger partial charge in [0.2, 0.25) is 5.91 Å². The summed E-state index contributed by atoms with van der Waals surface area (Å²) in [6.45, 7) is 1.94. The van der Waals surface area contributed by atoms with Gasteiger partial charge in [-0.1, -0.05) is 28.9 Å². The molecule has 0 saturated heterocycles. The zero-order chi connectivity index (χ0) is 17.0. The molecule has 0 radical (unpaired) electrons. The molecule has 1 heterocycles. The van der Waals surface area contributed by atoms with E-state index in [9.17, 15) is 14.7 Å². The van der Waals surface area contributed by atoms with Gasteiger partial charge in [-0.15, -0.1) is 0 Å². The molecule has 2 aromatic rings. The van der Waals surface area contributed by atoms with Crippen LogP contribution in [0.5, 0.6) is 0 Å². The lowest BCUT2D eigenvalue weighted by atomic mass is 10.0. The third kappa shape index (κ3) is 4.11. The van der Waals surface area contributed by atoms with E-state index in [4.69, 9.17) is 4.74 Å². The van der Waals surface area contributed by atoms with E-state index in [0.717, 1.165) is 20.9 Å². The molecule has 0 spiro atoms. The van der Waals surface area contributed by atoms with Crippen molar-refractivity contribution >= 4 is 38.7 Å². The fourth-order valence-corrected chi connectivity index (χ4v) is 3.05. The maximum absolute atomic E-state index is 12.0. The molecule has 0 fully saturated rings. The zero-order valence-electron chi connectivity index (χ0n) is 12.9. The smallest absolute Gasteiger partial charge is 0.326 e. The third-order valence-electron chi connectivity index (χ3n) is 3.64. The summed E-state index contributed by atoms with van der Waals surface area (Å²) in [5.74, 6) is -1.81. The highest BCUT2D eigenvalue weighted by Gasteiger charge is 2.24. The number of benzene rings is 1. The van der Waals surface area contributed by atoms with E-state index in [1.165, 1.54) is 7.11 Å². The Morgan fingerprint density at radius 1 is 1.43 bits per heavy atom. The van der Waals surface area contributed by atoms with Gasteiger partial charge in [0, 0.05) is 35.1 Å². The number of carbonyl (C=O) groups excluding carboxylic acids is 1. The van der Waals surface area contributed by atoms with Gasteiger partial charge in [-0.05, 0) is 17.7 Å². The van der Waals surface area contributed by atoms with Crippen molar-refractivity contribution in [1.29, 1.82) is 0 Å².